The molecule has 0 aliphatic heterocycles. The van der Waals surface area contributed by atoms with E-state index in [1.807, 2.05) is 0 Å². The van der Waals surface area contributed by atoms with Crippen molar-refractivity contribution >= 4 is 0 Å². The molecule has 0 saturated carbocycles. The van der Waals surface area contributed by atoms with E-state index in [1.165, 1.54) is 19.3 Å². The Morgan fingerprint density at radius 3 is 1.40 bits per heavy atom. The van der Waals surface area contributed by atoms with Crippen molar-refractivity contribution in [1.82, 2.24) is 0 Å². The summed E-state index contributed by atoms with van der Waals surface area (Å²) in [5.74, 6) is 0. The summed E-state index contributed by atoms with van der Waals surface area (Å²) in [7, 11) is 0. The van der Waals surface area contributed by atoms with Gasteiger partial charge in [-0.15, -0.1) is 0 Å². The van der Waals surface area contributed by atoms with Gasteiger partial charge in [-0.25, -0.2) is 0 Å². The molecule has 0 spiro atoms. The van der Waals surface area contributed by atoms with Crippen molar-refractivity contribution in [3.8, 4) is 0 Å². The van der Waals surface area contributed by atoms with Crippen molar-refractivity contribution in [2.24, 2.45) is 10.8 Å². The van der Waals surface area contributed by atoms with E-state index in [4.69, 9.17) is 0 Å². The van der Waals surface area contributed by atoms with E-state index in [9.17, 15) is 0 Å². The molecule has 0 saturated heterocycles. The van der Waals surface area contributed by atoms with Gasteiger partial charge in [0.1, 0.15) is 0 Å². The van der Waals surface area contributed by atoms with Gasteiger partial charge in [0.05, 0.1) is 0 Å². The maximum atomic E-state index is 2.40. The van der Waals surface area contributed by atoms with Crippen LogP contribution in [0.3, 0.4) is 0 Å². The van der Waals surface area contributed by atoms with Crippen LogP contribution in [0.4, 0.5) is 0 Å². The zero-order valence-corrected chi connectivity index (χ0v) is 12.1. The van der Waals surface area contributed by atoms with Crippen molar-refractivity contribution in [2.45, 2.75) is 74.7 Å². The molecule has 0 fully saturated rings. The molecule has 0 bridgehead atoms. The van der Waals surface area contributed by atoms with Crippen LogP contribution in [0.5, 0.6) is 0 Å². The fourth-order valence-corrected chi connectivity index (χ4v) is 2.01. The second-order valence-corrected chi connectivity index (χ2v) is 5.76. The zero-order valence-electron chi connectivity index (χ0n) is 12.1. The van der Waals surface area contributed by atoms with E-state index < -0.39 is 0 Å². The molecule has 0 rings (SSSR count). The van der Waals surface area contributed by atoms with Crippen LogP contribution in [0, 0.1) is 10.8 Å². The molecule has 0 unspecified atom stereocenters. The Balaban J connectivity index is 5.26. The topological polar surface area (TPSA) is 0 Å². The van der Waals surface area contributed by atoms with Crippen LogP contribution in [0.2, 0.25) is 0 Å². The predicted molar refractivity (Wildman–Crippen MR) is 71.1 cm³/mol. The Morgan fingerprint density at radius 2 is 1.13 bits per heavy atom. The Hall–Kier alpha value is -0.260. The number of hydrogen-bond acceptors (Lipinski definition) is 0. The van der Waals surface area contributed by atoms with Crippen LogP contribution < -0.4 is 0 Å². The van der Waals surface area contributed by atoms with Crippen LogP contribution in [0.15, 0.2) is 11.1 Å². The normalized spacial score (nSPS) is 15.2. The highest BCUT2D eigenvalue weighted by molar-refractivity contribution is 5.22. The van der Waals surface area contributed by atoms with Crippen LogP contribution in [-0.4, -0.2) is 0 Å². The van der Waals surface area contributed by atoms with Crippen LogP contribution >= 0.6 is 0 Å². The summed E-state index contributed by atoms with van der Waals surface area (Å²) < 4.78 is 0. The molecule has 90 valence electrons. The van der Waals surface area contributed by atoms with E-state index in [1.54, 1.807) is 11.1 Å². The van der Waals surface area contributed by atoms with Crippen molar-refractivity contribution in [1.29, 1.82) is 0 Å². The first kappa shape index (κ1) is 14.7. The fourth-order valence-electron chi connectivity index (χ4n) is 2.01. The van der Waals surface area contributed by atoms with Gasteiger partial charge in [-0.05, 0) is 43.9 Å². The Labute approximate surface area is 97.2 Å². The first-order valence-corrected chi connectivity index (χ1v) is 6.43. The second kappa shape index (κ2) is 5.18. The SMILES string of the molecule is CCC(C)(C)/C(C)=C(\C)C(C)(CC)CC. The van der Waals surface area contributed by atoms with Gasteiger partial charge in [-0.2, -0.15) is 0 Å². The third-order valence-corrected chi connectivity index (χ3v) is 4.93. The summed E-state index contributed by atoms with van der Waals surface area (Å²) in [6, 6.07) is 0. The van der Waals surface area contributed by atoms with Crippen LogP contribution in [-0.2, 0) is 0 Å². The molecule has 0 amide bonds. The Kier molecular flexibility index (Phi) is 5.09. The Bertz CT molecular complexity index is 226. The Morgan fingerprint density at radius 1 is 0.733 bits per heavy atom. The minimum atomic E-state index is 0.357. The molecular formula is C15H30. The average Bonchev–Trinajstić information content (AvgIpc) is 2.25. The van der Waals surface area contributed by atoms with Gasteiger partial charge in [-0.3, -0.25) is 0 Å². The number of allylic oxidation sites excluding steroid dienone is 2. The highest BCUT2D eigenvalue weighted by Crippen LogP contribution is 2.41. The minimum absolute atomic E-state index is 0.357. The lowest BCUT2D eigenvalue weighted by Crippen LogP contribution is -2.22. The van der Waals surface area contributed by atoms with Gasteiger partial charge in [0, 0.05) is 0 Å². The first-order valence-electron chi connectivity index (χ1n) is 6.43. The summed E-state index contributed by atoms with van der Waals surface area (Å²) in [4.78, 5) is 0. The van der Waals surface area contributed by atoms with E-state index in [0.717, 1.165) is 0 Å². The smallest absolute Gasteiger partial charge is 0.0122 e. The van der Waals surface area contributed by atoms with E-state index >= 15 is 0 Å². The van der Waals surface area contributed by atoms with E-state index in [2.05, 4.69) is 55.4 Å². The zero-order chi connectivity index (χ0) is 12.3. The van der Waals surface area contributed by atoms with Crippen molar-refractivity contribution < 1.29 is 0 Å². The van der Waals surface area contributed by atoms with E-state index in [0.29, 0.717) is 10.8 Å². The highest BCUT2D eigenvalue weighted by atomic mass is 14.3. The predicted octanol–water partition coefficient (Wildman–Crippen LogP) is 5.59. The third kappa shape index (κ3) is 3.09. The molecule has 0 atom stereocenters. The molecular weight excluding hydrogens is 180 g/mol. The van der Waals surface area contributed by atoms with Gasteiger partial charge < -0.3 is 0 Å². The maximum absolute atomic E-state index is 2.40. The lowest BCUT2D eigenvalue weighted by Gasteiger charge is -2.35. The minimum Gasteiger partial charge on any atom is -0.0682 e. The standard InChI is InChI=1S/C15H30/c1-9-14(6,7)12(4)13(5)15(8,10-2)11-3/h9-11H2,1-8H3/b13-12+. The molecule has 0 aromatic heterocycles. The summed E-state index contributed by atoms with van der Waals surface area (Å²) in [5.41, 5.74) is 3.96. The summed E-state index contributed by atoms with van der Waals surface area (Å²) in [5, 5.41) is 0. The van der Waals surface area contributed by atoms with Crippen molar-refractivity contribution in [3.63, 3.8) is 0 Å². The monoisotopic (exact) mass is 210 g/mol. The quantitative estimate of drug-likeness (QED) is 0.519. The molecule has 0 N–H and O–H groups in total. The lowest BCUT2D eigenvalue weighted by atomic mass is 9.70. The molecule has 0 aromatic carbocycles. The number of rotatable bonds is 5. The van der Waals surface area contributed by atoms with Gasteiger partial charge in [0.25, 0.3) is 0 Å². The van der Waals surface area contributed by atoms with Crippen molar-refractivity contribution in [3.05, 3.63) is 11.1 Å². The van der Waals surface area contributed by atoms with Crippen molar-refractivity contribution in [2.75, 3.05) is 0 Å². The number of hydrogen-bond donors (Lipinski definition) is 0. The molecule has 15 heavy (non-hydrogen) atoms. The van der Waals surface area contributed by atoms with Crippen LogP contribution in [0.1, 0.15) is 74.7 Å². The molecule has 0 radical (unpaired) electrons. The van der Waals surface area contributed by atoms with Crippen LogP contribution in [0.25, 0.3) is 0 Å². The van der Waals surface area contributed by atoms with Gasteiger partial charge >= 0.3 is 0 Å². The molecule has 0 aliphatic rings. The molecule has 0 nitrogen and oxygen atoms in total. The highest BCUT2D eigenvalue weighted by Gasteiger charge is 2.28. The molecule has 0 heterocycles. The molecule has 0 aliphatic carbocycles. The van der Waals surface area contributed by atoms with E-state index in [-0.39, 0.29) is 0 Å². The summed E-state index contributed by atoms with van der Waals surface area (Å²) in [6.45, 7) is 18.7. The summed E-state index contributed by atoms with van der Waals surface area (Å²) in [6.07, 6.45) is 3.71. The second-order valence-electron chi connectivity index (χ2n) is 5.76. The first-order chi connectivity index (χ1) is 6.75. The average molecular weight is 210 g/mol. The fraction of sp³-hybridized carbons (Fsp3) is 0.867. The molecule has 0 aromatic rings. The summed E-state index contributed by atoms with van der Waals surface area (Å²) >= 11 is 0. The van der Waals surface area contributed by atoms with Gasteiger partial charge in [0.2, 0.25) is 0 Å². The largest absolute Gasteiger partial charge is 0.0682 e. The lowest BCUT2D eigenvalue weighted by molar-refractivity contribution is 0.342. The van der Waals surface area contributed by atoms with Gasteiger partial charge in [-0.1, -0.05) is 52.7 Å². The maximum Gasteiger partial charge on any atom is -0.0122 e. The van der Waals surface area contributed by atoms with Gasteiger partial charge in [0.15, 0.2) is 0 Å². The molecule has 0 heteroatoms. The third-order valence-electron chi connectivity index (χ3n) is 4.93.